The first-order valence-electron chi connectivity index (χ1n) is 7.37. The maximum Gasteiger partial charge on any atom is 0.330 e. The van der Waals surface area contributed by atoms with E-state index in [0.717, 1.165) is 21.7 Å². The first-order chi connectivity index (χ1) is 10.4. The van der Waals surface area contributed by atoms with Gasteiger partial charge in [-0.25, -0.2) is 4.79 Å². The lowest BCUT2D eigenvalue weighted by molar-refractivity contribution is -0.150. The van der Waals surface area contributed by atoms with Crippen molar-refractivity contribution < 1.29 is 14.4 Å². The highest BCUT2D eigenvalue weighted by Gasteiger charge is 2.55. The van der Waals surface area contributed by atoms with Crippen LogP contribution in [0.5, 0.6) is 0 Å². The smallest absolute Gasteiger partial charge is 0.330 e. The lowest BCUT2D eigenvalue weighted by Crippen LogP contribution is -2.68. The standard InChI is InChI=1S/C16H19N3O3/c1-4-19-14(21)16(13(20)17-15(19)22)8-11-7-10(2)5-6-12(11)18(3)9-16/h5-7H,4,8-9H2,1-3H3,(H,17,20,22). The average Bonchev–Trinajstić information content (AvgIpc) is 2.45. The van der Waals surface area contributed by atoms with Crippen molar-refractivity contribution in [2.45, 2.75) is 20.3 Å². The average molecular weight is 301 g/mol. The number of benzene rings is 1. The number of hydrogen-bond donors (Lipinski definition) is 1. The molecule has 1 N–H and O–H groups in total. The molecule has 6 nitrogen and oxygen atoms in total. The minimum atomic E-state index is -1.22. The highest BCUT2D eigenvalue weighted by molar-refractivity contribution is 6.20. The molecule has 1 atom stereocenters. The Hall–Kier alpha value is -2.37. The first kappa shape index (κ1) is 14.6. The number of urea groups is 1. The number of rotatable bonds is 1. The summed E-state index contributed by atoms with van der Waals surface area (Å²) in [4.78, 5) is 40.1. The molecule has 1 fully saturated rings. The molecular formula is C16H19N3O3. The highest BCUT2D eigenvalue weighted by Crippen LogP contribution is 2.39. The summed E-state index contributed by atoms with van der Waals surface area (Å²) in [7, 11) is 1.86. The fraction of sp³-hybridized carbons (Fsp3) is 0.438. The topological polar surface area (TPSA) is 69.7 Å². The normalized spacial score (nSPS) is 24.6. The number of carbonyl (C=O) groups excluding carboxylic acids is 3. The zero-order chi connectivity index (χ0) is 16.1. The second-order valence-electron chi connectivity index (χ2n) is 6.06. The molecule has 116 valence electrons. The summed E-state index contributed by atoms with van der Waals surface area (Å²) in [5.74, 6) is -0.894. The van der Waals surface area contributed by atoms with Gasteiger partial charge < -0.3 is 4.90 Å². The molecule has 6 heteroatoms. The number of carbonyl (C=O) groups is 3. The lowest BCUT2D eigenvalue weighted by atomic mass is 9.74. The van der Waals surface area contributed by atoms with Gasteiger partial charge in [0.05, 0.1) is 0 Å². The van der Waals surface area contributed by atoms with Gasteiger partial charge in [-0.15, -0.1) is 0 Å². The van der Waals surface area contributed by atoms with E-state index in [1.54, 1.807) is 6.92 Å². The number of hydrogen-bond acceptors (Lipinski definition) is 4. The largest absolute Gasteiger partial charge is 0.373 e. The molecule has 0 saturated carbocycles. The Morgan fingerprint density at radius 1 is 1.27 bits per heavy atom. The highest BCUT2D eigenvalue weighted by atomic mass is 16.2. The van der Waals surface area contributed by atoms with Crippen molar-refractivity contribution in [3.05, 3.63) is 29.3 Å². The number of fused-ring (bicyclic) bond motifs is 1. The maximum atomic E-state index is 12.8. The quantitative estimate of drug-likeness (QED) is 0.788. The van der Waals surface area contributed by atoms with Crippen LogP contribution in [0.2, 0.25) is 0 Å². The van der Waals surface area contributed by atoms with Crippen LogP contribution >= 0.6 is 0 Å². The molecule has 1 saturated heterocycles. The van der Waals surface area contributed by atoms with Gasteiger partial charge in [0, 0.05) is 25.8 Å². The molecular weight excluding hydrogens is 282 g/mol. The van der Waals surface area contributed by atoms with E-state index in [-0.39, 0.29) is 13.1 Å². The molecule has 2 aliphatic heterocycles. The summed E-state index contributed by atoms with van der Waals surface area (Å²) in [5.41, 5.74) is 1.84. The summed E-state index contributed by atoms with van der Waals surface area (Å²) in [6.07, 6.45) is 0.322. The van der Waals surface area contributed by atoms with Crippen LogP contribution in [0.1, 0.15) is 18.1 Å². The fourth-order valence-corrected chi connectivity index (χ4v) is 3.41. The summed E-state index contributed by atoms with van der Waals surface area (Å²) < 4.78 is 0. The Morgan fingerprint density at radius 3 is 2.68 bits per heavy atom. The predicted octanol–water partition coefficient (Wildman–Crippen LogP) is 1.07. The van der Waals surface area contributed by atoms with E-state index in [1.165, 1.54) is 0 Å². The number of imide groups is 2. The molecule has 1 spiro atoms. The molecule has 2 heterocycles. The SMILES string of the molecule is CCN1C(=O)NC(=O)C2(Cc3cc(C)ccc3N(C)C2)C1=O. The molecule has 4 amide bonds. The van der Waals surface area contributed by atoms with Gasteiger partial charge in [-0.2, -0.15) is 0 Å². The van der Waals surface area contributed by atoms with Crippen LogP contribution in [0.25, 0.3) is 0 Å². The zero-order valence-electron chi connectivity index (χ0n) is 13.0. The first-order valence-corrected chi connectivity index (χ1v) is 7.37. The summed E-state index contributed by atoms with van der Waals surface area (Å²) in [6, 6.07) is 5.39. The van der Waals surface area contributed by atoms with E-state index in [4.69, 9.17) is 0 Å². The van der Waals surface area contributed by atoms with Gasteiger partial charge in [0.2, 0.25) is 11.8 Å². The van der Waals surface area contributed by atoms with Crippen LogP contribution in [-0.4, -0.2) is 42.9 Å². The molecule has 0 aliphatic carbocycles. The molecule has 2 aliphatic rings. The molecule has 0 radical (unpaired) electrons. The number of barbiturate groups is 1. The Labute approximate surface area is 129 Å². The van der Waals surface area contributed by atoms with Crippen LogP contribution in [0.4, 0.5) is 10.5 Å². The summed E-state index contributed by atoms with van der Waals surface area (Å²) >= 11 is 0. The van der Waals surface area contributed by atoms with Gasteiger partial charge in [0.15, 0.2) is 0 Å². The summed E-state index contributed by atoms with van der Waals surface area (Å²) in [5, 5.41) is 2.34. The van der Waals surface area contributed by atoms with Crippen molar-refractivity contribution in [3.63, 3.8) is 0 Å². The number of amides is 4. The second-order valence-corrected chi connectivity index (χ2v) is 6.06. The maximum absolute atomic E-state index is 12.8. The third kappa shape index (κ3) is 1.90. The lowest BCUT2D eigenvalue weighted by Gasteiger charge is -2.45. The third-order valence-corrected chi connectivity index (χ3v) is 4.52. The van der Waals surface area contributed by atoms with Crippen LogP contribution < -0.4 is 10.2 Å². The molecule has 3 rings (SSSR count). The molecule has 1 unspecified atom stereocenters. The van der Waals surface area contributed by atoms with Crippen molar-refractivity contribution >= 4 is 23.5 Å². The molecule has 0 bridgehead atoms. The minimum absolute atomic E-state index is 0.254. The van der Waals surface area contributed by atoms with Crippen LogP contribution in [0.15, 0.2) is 18.2 Å². The van der Waals surface area contributed by atoms with Crippen molar-refractivity contribution in [1.29, 1.82) is 0 Å². The summed E-state index contributed by atoms with van der Waals surface area (Å²) in [6.45, 7) is 4.24. The van der Waals surface area contributed by atoms with E-state index in [9.17, 15) is 14.4 Å². The molecule has 22 heavy (non-hydrogen) atoms. The Morgan fingerprint density at radius 2 is 2.00 bits per heavy atom. The molecule has 1 aromatic rings. The van der Waals surface area contributed by atoms with E-state index < -0.39 is 23.3 Å². The van der Waals surface area contributed by atoms with E-state index >= 15 is 0 Å². The van der Waals surface area contributed by atoms with Crippen molar-refractivity contribution in [1.82, 2.24) is 10.2 Å². The van der Waals surface area contributed by atoms with Crippen molar-refractivity contribution in [2.24, 2.45) is 5.41 Å². The van der Waals surface area contributed by atoms with Crippen molar-refractivity contribution in [3.8, 4) is 0 Å². The number of anilines is 1. The van der Waals surface area contributed by atoms with E-state index in [1.807, 2.05) is 37.1 Å². The van der Waals surface area contributed by atoms with E-state index in [0.29, 0.717) is 6.42 Å². The van der Waals surface area contributed by atoms with Crippen LogP contribution in [0.3, 0.4) is 0 Å². The number of nitrogens with one attached hydrogen (secondary N) is 1. The number of nitrogens with zero attached hydrogens (tertiary/aromatic N) is 2. The zero-order valence-corrected chi connectivity index (χ0v) is 13.0. The Bertz CT molecular complexity index is 685. The van der Waals surface area contributed by atoms with Crippen molar-refractivity contribution in [2.75, 3.05) is 25.0 Å². The van der Waals surface area contributed by atoms with Gasteiger partial charge >= 0.3 is 6.03 Å². The van der Waals surface area contributed by atoms with Gasteiger partial charge in [-0.05, 0) is 31.9 Å². The Balaban J connectivity index is 2.08. The van der Waals surface area contributed by atoms with Crippen LogP contribution in [-0.2, 0) is 16.0 Å². The predicted molar refractivity (Wildman–Crippen MR) is 81.5 cm³/mol. The number of aryl methyl sites for hydroxylation is 1. The minimum Gasteiger partial charge on any atom is -0.373 e. The van der Waals surface area contributed by atoms with Gasteiger partial charge in [0.25, 0.3) is 0 Å². The molecule has 0 aromatic heterocycles. The second kappa shape index (κ2) is 4.83. The molecule has 1 aromatic carbocycles. The Kier molecular flexibility index (Phi) is 3.20. The fourth-order valence-electron chi connectivity index (χ4n) is 3.41. The van der Waals surface area contributed by atoms with Gasteiger partial charge in [-0.1, -0.05) is 17.7 Å². The third-order valence-electron chi connectivity index (χ3n) is 4.52. The van der Waals surface area contributed by atoms with Crippen LogP contribution in [0, 0.1) is 12.3 Å². The van der Waals surface area contributed by atoms with Gasteiger partial charge in [0.1, 0.15) is 5.41 Å². The van der Waals surface area contributed by atoms with E-state index in [2.05, 4.69) is 5.32 Å². The van der Waals surface area contributed by atoms with Gasteiger partial charge in [-0.3, -0.25) is 19.8 Å². The monoisotopic (exact) mass is 301 g/mol.